The number of halogens is 5. The van der Waals surface area contributed by atoms with Crippen LogP contribution in [-0.4, -0.2) is 25.1 Å². The molecule has 0 atom stereocenters. The van der Waals surface area contributed by atoms with Gasteiger partial charge in [-0.3, -0.25) is 4.79 Å². The Labute approximate surface area is 100 Å². The molecule has 100 valence electrons. The lowest BCUT2D eigenvalue weighted by Gasteiger charge is -2.25. The summed E-state index contributed by atoms with van der Waals surface area (Å²) in [6, 6.07) is 5.82. The summed E-state index contributed by atoms with van der Waals surface area (Å²) in [5.41, 5.74) is 0.428. The summed E-state index contributed by atoms with van der Waals surface area (Å²) in [7, 11) is 0.879. The first-order valence-electron chi connectivity index (χ1n) is 4.87. The number of alkyl halides is 5. The van der Waals surface area contributed by atoms with Crippen LogP contribution in [0.3, 0.4) is 0 Å². The molecule has 0 aliphatic rings. The molecule has 2 nitrogen and oxygen atoms in total. The minimum atomic E-state index is -5.90. The number of hydrogen-bond acceptors (Lipinski definition) is 1. The fourth-order valence-corrected chi connectivity index (χ4v) is 1.38. The van der Waals surface area contributed by atoms with Crippen molar-refractivity contribution in [2.24, 2.45) is 0 Å². The zero-order valence-corrected chi connectivity index (χ0v) is 9.55. The van der Waals surface area contributed by atoms with E-state index in [0.717, 1.165) is 7.05 Å². The third kappa shape index (κ3) is 2.44. The molecule has 0 heterocycles. The third-order valence-electron chi connectivity index (χ3n) is 2.41. The highest BCUT2D eigenvalue weighted by atomic mass is 19.4. The van der Waals surface area contributed by atoms with Crippen LogP contribution in [0.5, 0.6) is 0 Å². The lowest BCUT2D eigenvalue weighted by Crippen LogP contribution is -2.51. The molecule has 1 aromatic carbocycles. The minimum Gasteiger partial charge on any atom is -0.310 e. The van der Waals surface area contributed by atoms with Crippen molar-refractivity contribution in [3.05, 3.63) is 29.8 Å². The number of carbonyl (C=O) groups is 1. The molecule has 0 radical (unpaired) electrons. The first-order valence-corrected chi connectivity index (χ1v) is 4.87. The fraction of sp³-hybridized carbons (Fsp3) is 0.364. The van der Waals surface area contributed by atoms with E-state index in [4.69, 9.17) is 0 Å². The highest BCUT2D eigenvalue weighted by Gasteiger charge is 2.64. The monoisotopic (exact) mass is 267 g/mol. The first-order chi connectivity index (χ1) is 8.09. The van der Waals surface area contributed by atoms with E-state index in [1.54, 1.807) is 6.07 Å². The van der Waals surface area contributed by atoms with E-state index in [1.807, 2.05) is 0 Å². The van der Waals surface area contributed by atoms with Gasteiger partial charge in [0.25, 0.3) is 0 Å². The predicted octanol–water partition coefficient (Wildman–Crippen LogP) is 3.16. The van der Waals surface area contributed by atoms with Gasteiger partial charge in [0.15, 0.2) is 0 Å². The molecular weight excluding hydrogens is 257 g/mol. The quantitative estimate of drug-likeness (QED) is 0.754. The molecular formula is C11H10F5NO. The standard InChI is InChI=1S/C11H10F5NO/c1-7-5-3-4-6-8(7)17(2)9(18)10(12,13)11(14,15)16/h3-6H,1-2H3. The molecule has 0 unspecified atom stereocenters. The Balaban J connectivity index is 3.10. The summed E-state index contributed by atoms with van der Waals surface area (Å²) in [4.78, 5) is 11.5. The van der Waals surface area contributed by atoms with Crippen LogP contribution in [0.4, 0.5) is 27.6 Å². The van der Waals surface area contributed by atoms with Crippen molar-refractivity contribution in [2.75, 3.05) is 11.9 Å². The molecule has 0 aliphatic carbocycles. The van der Waals surface area contributed by atoms with Gasteiger partial charge in [0, 0.05) is 12.7 Å². The number of benzene rings is 1. The lowest BCUT2D eigenvalue weighted by molar-refractivity contribution is -0.268. The molecule has 0 saturated carbocycles. The van der Waals surface area contributed by atoms with Gasteiger partial charge in [-0.1, -0.05) is 18.2 Å². The van der Waals surface area contributed by atoms with Gasteiger partial charge < -0.3 is 4.90 Å². The number of anilines is 1. The number of amides is 1. The van der Waals surface area contributed by atoms with Gasteiger partial charge in [-0.05, 0) is 18.6 Å². The van der Waals surface area contributed by atoms with Gasteiger partial charge in [0.05, 0.1) is 0 Å². The van der Waals surface area contributed by atoms with Gasteiger partial charge in [0.2, 0.25) is 0 Å². The number of hydrogen-bond donors (Lipinski definition) is 0. The molecule has 0 bridgehead atoms. The number of rotatable bonds is 2. The summed E-state index contributed by atoms with van der Waals surface area (Å²) in [6.45, 7) is 1.50. The van der Waals surface area contributed by atoms with E-state index in [0.29, 0.717) is 10.5 Å². The van der Waals surface area contributed by atoms with E-state index in [-0.39, 0.29) is 5.69 Å². The van der Waals surface area contributed by atoms with Gasteiger partial charge >= 0.3 is 18.0 Å². The molecule has 0 N–H and O–H groups in total. The highest BCUT2D eigenvalue weighted by molar-refractivity contribution is 5.99. The Kier molecular flexibility index (Phi) is 3.64. The Morgan fingerprint density at radius 3 is 2.06 bits per heavy atom. The summed E-state index contributed by atoms with van der Waals surface area (Å²) in [5.74, 6) is -7.70. The molecule has 0 fully saturated rings. The van der Waals surface area contributed by atoms with Crippen LogP contribution in [0, 0.1) is 6.92 Å². The van der Waals surface area contributed by atoms with Crippen LogP contribution in [0.1, 0.15) is 5.56 Å². The second-order valence-electron chi connectivity index (χ2n) is 3.72. The molecule has 0 aromatic heterocycles. The predicted molar refractivity (Wildman–Crippen MR) is 55.6 cm³/mol. The fourth-order valence-electron chi connectivity index (χ4n) is 1.38. The Bertz CT molecular complexity index is 455. The van der Waals surface area contributed by atoms with Crippen LogP contribution in [-0.2, 0) is 4.79 Å². The molecule has 1 amide bonds. The Morgan fingerprint density at radius 2 is 1.61 bits per heavy atom. The average Bonchev–Trinajstić information content (AvgIpc) is 2.26. The maximum atomic E-state index is 12.9. The van der Waals surface area contributed by atoms with Gasteiger partial charge in [-0.2, -0.15) is 22.0 Å². The molecule has 1 aromatic rings. The zero-order chi connectivity index (χ0) is 14.1. The van der Waals surface area contributed by atoms with Crippen LogP contribution in [0.25, 0.3) is 0 Å². The third-order valence-corrected chi connectivity index (χ3v) is 2.41. The molecule has 18 heavy (non-hydrogen) atoms. The smallest absolute Gasteiger partial charge is 0.310 e. The van der Waals surface area contributed by atoms with Crippen molar-refractivity contribution in [2.45, 2.75) is 19.0 Å². The van der Waals surface area contributed by atoms with Crippen molar-refractivity contribution < 1.29 is 26.7 Å². The normalized spacial score (nSPS) is 12.4. The van der Waals surface area contributed by atoms with E-state index in [9.17, 15) is 26.7 Å². The van der Waals surface area contributed by atoms with Crippen LogP contribution < -0.4 is 4.90 Å². The van der Waals surface area contributed by atoms with Gasteiger partial charge in [-0.25, -0.2) is 0 Å². The van der Waals surface area contributed by atoms with Crippen molar-refractivity contribution in [3.63, 3.8) is 0 Å². The zero-order valence-electron chi connectivity index (χ0n) is 9.55. The summed E-state index contributed by atoms with van der Waals surface area (Å²) in [5, 5.41) is 0. The van der Waals surface area contributed by atoms with E-state index in [1.165, 1.54) is 25.1 Å². The number of carbonyl (C=O) groups excluding carboxylic acids is 1. The van der Waals surface area contributed by atoms with Crippen molar-refractivity contribution in [3.8, 4) is 0 Å². The number of nitrogens with zero attached hydrogens (tertiary/aromatic N) is 1. The second kappa shape index (κ2) is 4.55. The van der Waals surface area contributed by atoms with E-state index in [2.05, 4.69) is 0 Å². The number of aryl methyl sites for hydroxylation is 1. The average molecular weight is 267 g/mol. The van der Waals surface area contributed by atoms with E-state index >= 15 is 0 Å². The molecule has 7 heteroatoms. The topological polar surface area (TPSA) is 20.3 Å². The first kappa shape index (κ1) is 14.4. The summed E-state index contributed by atoms with van der Waals surface area (Å²) < 4.78 is 61.9. The Hall–Kier alpha value is -1.66. The maximum absolute atomic E-state index is 12.9. The molecule has 1 rings (SSSR count). The molecule has 0 aliphatic heterocycles. The van der Waals surface area contributed by atoms with Crippen LogP contribution in [0.15, 0.2) is 24.3 Å². The minimum absolute atomic E-state index is 0.00595. The second-order valence-corrected chi connectivity index (χ2v) is 3.72. The molecule has 0 spiro atoms. The molecule has 0 saturated heterocycles. The van der Waals surface area contributed by atoms with Gasteiger partial charge in [0.1, 0.15) is 0 Å². The van der Waals surface area contributed by atoms with Crippen molar-refractivity contribution in [1.82, 2.24) is 0 Å². The lowest BCUT2D eigenvalue weighted by atomic mass is 10.1. The van der Waals surface area contributed by atoms with Crippen LogP contribution in [0.2, 0.25) is 0 Å². The summed E-state index contributed by atoms with van der Waals surface area (Å²) >= 11 is 0. The van der Waals surface area contributed by atoms with Crippen molar-refractivity contribution in [1.29, 1.82) is 0 Å². The maximum Gasteiger partial charge on any atom is 0.463 e. The highest BCUT2D eigenvalue weighted by Crippen LogP contribution is 2.37. The SMILES string of the molecule is Cc1ccccc1N(C)C(=O)C(F)(F)C(F)(F)F. The Morgan fingerprint density at radius 1 is 1.11 bits per heavy atom. The van der Waals surface area contributed by atoms with Crippen LogP contribution >= 0.6 is 0 Å². The van der Waals surface area contributed by atoms with E-state index < -0.39 is 18.0 Å². The van der Waals surface area contributed by atoms with Gasteiger partial charge in [-0.15, -0.1) is 0 Å². The number of para-hydroxylation sites is 1. The van der Waals surface area contributed by atoms with Crippen molar-refractivity contribution >= 4 is 11.6 Å². The summed E-state index contributed by atoms with van der Waals surface area (Å²) in [6.07, 6.45) is -5.90. The largest absolute Gasteiger partial charge is 0.463 e.